The lowest BCUT2D eigenvalue weighted by Gasteiger charge is -2.71. The Labute approximate surface area is 186 Å². The van der Waals surface area contributed by atoms with Gasteiger partial charge in [-0.05, 0) is 37.5 Å². The molecule has 3 aliphatic carbocycles. The number of rotatable bonds is 9. The molecule has 1 unspecified atom stereocenters. The van der Waals surface area contributed by atoms with Crippen molar-refractivity contribution in [1.82, 2.24) is 10.3 Å². The van der Waals surface area contributed by atoms with Crippen LogP contribution in [0, 0.1) is 11.2 Å². The van der Waals surface area contributed by atoms with E-state index in [0.717, 1.165) is 12.1 Å². The van der Waals surface area contributed by atoms with Crippen LogP contribution >= 0.6 is 11.6 Å². The molecule has 1 aromatic heterocycles. The lowest BCUT2D eigenvalue weighted by molar-refractivity contribution is -0.208. The second kappa shape index (κ2) is 8.16. The summed E-state index contributed by atoms with van der Waals surface area (Å²) in [7, 11) is 0. The van der Waals surface area contributed by atoms with E-state index in [1.165, 1.54) is 24.4 Å². The number of hydrogen-bond acceptors (Lipinski definition) is 5. The Hall–Kier alpha value is -3.01. The molecule has 11 heteroatoms. The fourth-order valence-corrected chi connectivity index (χ4v) is 4.68. The summed E-state index contributed by atoms with van der Waals surface area (Å²) >= 11 is 5.66. The second-order valence-corrected chi connectivity index (χ2v) is 8.61. The average molecular weight is 470 g/mol. The Morgan fingerprint density at radius 1 is 1.19 bits per heavy atom. The fraction of sp³-hybridized carbons (Fsp3) is 0.381. The van der Waals surface area contributed by atoms with Crippen molar-refractivity contribution in [2.24, 2.45) is 11.1 Å². The minimum atomic E-state index is -2.74. The lowest BCUT2D eigenvalue weighted by atomic mass is 9.37. The molecule has 2 bridgehead atoms. The molecular weight excluding hydrogens is 451 g/mol. The molecule has 3 aliphatic rings. The van der Waals surface area contributed by atoms with Gasteiger partial charge in [-0.25, -0.2) is 13.2 Å². The van der Waals surface area contributed by atoms with Crippen LogP contribution in [0.4, 0.5) is 13.2 Å². The van der Waals surface area contributed by atoms with Crippen LogP contribution in [0.15, 0.2) is 36.5 Å². The lowest BCUT2D eigenvalue weighted by Crippen LogP contribution is -2.80. The Morgan fingerprint density at radius 2 is 1.91 bits per heavy atom. The molecule has 2 aromatic rings. The van der Waals surface area contributed by atoms with E-state index < -0.39 is 46.8 Å². The van der Waals surface area contributed by atoms with Crippen molar-refractivity contribution in [3.8, 4) is 11.5 Å². The van der Waals surface area contributed by atoms with Gasteiger partial charge in [0.25, 0.3) is 18.2 Å². The molecule has 2 amide bonds. The predicted octanol–water partition coefficient (Wildman–Crippen LogP) is 3.16. The number of amides is 2. The van der Waals surface area contributed by atoms with E-state index in [2.05, 4.69) is 10.3 Å². The topological polar surface area (TPSA) is 104 Å². The number of aromatic nitrogens is 1. The normalized spacial score (nSPS) is 24.2. The van der Waals surface area contributed by atoms with Gasteiger partial charge >= 0.3 is 0 Å². The van der Waals surface area contributed by atoms with Gasteiger partial charge < -0.3 is 20.5 Å². The maximum atomic E-state index is 13.7. The minimum Gasteiger partial charge on any atom is -0.484 e. The first kappa shape index (κ1) is 22.2. The van der Waals surface area contributed by atoms with Crippen molar-refractivity contribution >= 4 is 23.4 Å². The minimum absolute atomic E-state index is 0.0698. The molecule has 5 rings (SSSR count). The molecule has 3 N–H and O–H groups in total. The summed E-state index contributed by atoms with van der Waals surface area (Å²) in [6.45, 7) is -0.360. The van der Waals surface area contributed by atoms with Gasteiger partial charge in [0.1, 0.15) is 23.0 Å². The monoisotopic (exact) mass is 469 g/mol. The molecule has 3 fully saturated rings. The number of alkyl halides is 2. The highest BCUT2D eigenvalue weighted by Crippen LogP contribution is 2.69. The Kier molecular flexibility index (Phi) is 5.66. The van der Waals surface area contributed by atoms with Gasteiger partial charge in [0, 0.05) is 29.3 Å². The van der Waals surface area contributed by atoms with Crippen LogP contribution in [-0.2, 0) is 9.59 Å². The zero-order valence-electron chi connectivity index (χ0n) is 16.6. The third-order valence-electron chi connectivity index (χ3n) is 5.78. The van der Waals surface area contributed by atoms with E-state index in [1.54, 1.807) is 0 Å². The molecule has 1 atom stereocenters. The standard InChI is InChI=1S/C21H19ClF3N3O4/c22-13-2-1-12(5-14(13)23)32-17(19(26)30)20-8-21(9-20,10-20)28-16(29)7-31-11-3-4-27-15(6-11)18(24)25/h1-6,17-18H,7-10H2,(H2,26,30)(H,28,29). The van der Waals surface area contributed by atoms with Gasteiger partial charge in [0.15, 0.2) is 12.7 Å². The van der Waals surface area contributed by atoms with Crippen LogP contribution in [0.2, 0.25) is 5.02 Å². The molecule has 32 heavy (non-hydrogen) atoms. The van der Waals surface area contributed by atoms with Gasteiger partial charge in [-0.3, -0.25) is 14.6 Å². The number of carbonyl (C=O) groups excluding carboxylic acids is 2. The van der Waals surface area contributed by atoms with Crippen molar-refractivity contribution < 1.29 is 32.2 Å². The molecular formula is C21H19ClF3N3O4. The van der Waals surface area contributed by atoms with Crippen molar-refractivity contribution in [2.45, 2.75) is 37.3 Å². The second-order valence-electron chi connectivity index (χ2n) is 8.20. The number of nitrogens with one attached hydrogen (secondary N) is 1. The van der Waals surface area contributed by atoms with Crippen molar-refractivity contribution in [3.05, 3.63) is 53.1 Å². The van der Waals surface area contributed by atoms with Gasteiger partial charge in [0.2, 0.25) is 0 Å². The van der Waals surface area contributed by atoms with E-state index in [1.807, 2.05) is 0 Å². The van der Waals surface area contributed by atoms with Gasteiger partial charge in [-0.2, -0.15) is 0 Å². The third kappa shape index (κ3) is 4.19. The summed E-state index contributed by atoms with van der Waals surface area (Å²) in [6, 6.07) is 6.30. The van der Waals surface area contributed by atoms with Crippen LogP contribution < -0.4 is 20.5 Å². The quantitative estimate of drug-likeness (QED) is 0.587. The molecule has 0 spiro atoms. The molecule has 0 saturated heterocycles. The van der Waals surface area contributed by atoms with Crippen LogP contribution in [0.5, 0.6) is 11.5 Å². The van der Waals surface area contributed by atoms with E-state index in [-0.39, 0.29) is 23.1 Å². The number of ether oxygens (including phenoxy) is 2. The average Bonchev–Trinajstić information content (AvgIpc) is 2.69. The van der Waals surface area contributed by atoms with Gasteiger partial charge in [-0.15, -0.1) is 0 Å². The molecule has 0 radical (unpaired) electrons. The number of hydrogen-bond donors (Lipinski definition) is 2. The zero-order valence-corrected chi connectivity index (χ0v) is 17.4. The van der Waals surface area contributed by atoms with E-state index in [0.29, 0.717) is 19.3 Å². The number of nitrogens with two attached hydrogens (primary N) is 1. The van der Waals surface area contributed by atoms with E-state index in [9.17, 15) is 22.8 Å². The van der Waals surface area contributed by atoms with E-state index >= 15 is 0 Å². The Balaban J connectivity index is 1.31. The number of pyridine rings is 1. The van der Waals surface area contributed by atoms with Gasteiger partial charge in [0.05, 0.1) is 5.02 Å². The number of primary amides is 1. The van der Waals surface area contributed by atoms with Crippen LogP contribution in [-0.4, -0.2) is 35.0 Å². The third-order valence-corrected chi connectivity index (χ3v) is 6.09. The largest absolute Gasteiger partial charge is 0.484 e. The summed E-state index contributed by atoms with van der Waals surface area (Å²) in [5.41, 5.74) is 4.02. The molecule has 1 heterocycles. The zero-order chi connectivity index (χ0) is 23.1. The number of carbonyl (C=O) groups is 2. The first-order valence-corrected chi connectivity index (χ1v) is 10.1. The fourth-order valence-electron chi connectivity index (χ4n) is 4.57. The SMILES string of the molecule is NC(=O)C(Oc1ccc(Cl)c(F)c1)C12CC(NC(=O)COc3ccnc(C(F)F)c3)(C1)C2. The molecule has 0 aliphatic heterocycles. The maximum Gasteiger partial charge on any atom is 0.280 e. The van der Waals surface area contributed by atoms with Gasteiger partial charge in [-0.1, -0.05) is 11.6 Å². The number of halogens is 4. The van der Waals surface area contributed by atoms with Crippen molar-refractivity contribution in [2.75, 3.05) is 6.61 Å². The van der Waals surface area contributed by atoms with Crippen molar-refractivity contribution in [3.63, 3.8) is 0 Å². The summed E-state index contributed by atoms with van der Waals surface area (Å²) in [5.74, 6) is -1.55. The van der Waals surface area contributed by atoms with Crippen LogP contribution in [0.3, 0.4) is 0 Å². The predicted molar refractivity (Wildman–Crippen MR) is 107 cm³/mol. The van der Waals surface area contributed by atoms with E-state index in [4.69, 9.17) is 26.8 Å². The summed E-state index contributed by atoms with van der Waals surface area (Å²) in [5, 5.41) is 2.78. The highest BCUT2D eigenvalue weighted by Gasteiger charge is 2.73. The first-order chi connectivity index (χ1) is 15.1. The maximum absolute atomic E-state index is 13.7. The molecule has 7 nitrogen and oxygen atoms in total. The summed E-state index contributed by atoms with van der Waals surface area (Å²) in [4.78, 5) is 27.8. The van der Waals surface area contributed by atoms with Crippen LogP contribution in [0.1, 0.15) is 31.4 Å². The molecule has 3 saturated carbocycles. The van der Waals surface area contributed by atoms with Crippen LogP contribution in [0.25, 0.3) is 0 Å². The summed E-state index contributed by atoms with van der Waals surface area (Å²) in [6.07, 6.45) is -1.17. The highest BCUT2D eigenvalue weighted by molar-refractivity contribution is 6.30. The smallest absolute Gasteiger partial charge is 0.280 e. The Bertz CT molecular complexity index is 1050. The Morgan fingerprint density at radius 3 is 2.53 bits per heavy atom. The number of nitrogens with zero attached hydrogens (tertiary/aromatic N) is 1. The van der Waals surface area contributed by atoms with Crippen molar-refractivity contribution in [1.29, 1.82) is 0 Å². The molecule has 1 aromatic carbocycles. The first-order valence-electron chi connectivity index (χ1n) is 9.70. The highest BCUT2D eigenvalue weighted by atomic mass is 35.5. The molecule has 170 valence electrons. The number of benzene rings is 1. The summed E-state index contributed by atoms with van der Waals surface area (Å²) < 4.78 is 50.0.